The van der Waals surface area contributed by atoms with Gasteiger partial charge in [0.05, 0.1) is 16.5 Å². The molecule has 0 bridgehead atoms. The van der Waals surface area contributed by atoms with Crippen LogP contribution in [0.15, 0.2) is 35.7 Å². The van der Waals surface area contributed by atoms with Crippen molar-refractivity contribution in [3.63, 3.8) is 0 Å². The summed E-state index contributed by atoms with van der Waals surface area (Å²) in [5.41, 5.74) is 0.186. The molecule has 0 saturated heterocycles. The molecule has 0 aliphatic heterocycles. The van der Waals surface area contributed by atoms with Crippen molar-refractivity contribution in [3.05, 3.63) is 55.9 Å². The minimum Gasteiger partial charge on any atom is -0.396 e. The molecule has 0 aliphatic carbocycles. The van der Waals surface area contributed by atoms with E-state index in [9.17, 15) is 20.2 Å². The van der Waals surface area contributed by atoms with Crippen molar-refractivity contribution in [1.29, 1.82) is 0 Å². The van der Waals surface area contributed by atoms with Gasteiger partial charge in [-0.25, -0.2) is 0 Å². The van der Waals surface area contributed by atoms with E-state index < -0.39 is 9.85 Å². The van der Waals surface area contributed by atoms with Gasteiger partial charge in [0.1, 0.15) is 0 Å². The number of aliphatic hydroxyl groups excluding tert-OH is 1. The van der Waals surface area contributed by atoms with Gasteiger partial charge >= 0.3 is 0 Å². The smallest absolute Gasteiger partial charge is 0.266 e. The molecule has 106 valence electrons. The fraction of sp³-hybridized carbons (Fsp3) is 0.400. The lowest BCUT2D eigenvalue weighted by Gasteiger charge is -2.00. The Bertz CT molecular complexity index is 409. The molecule has 0 aromatic heterocycles. The maximum atomic E-state index is 10.7. The zero-order valence-corrected chi connectivity index (χ0v) is 11.5. The van der Waals surface area contributed by atoms with E-state index in [4.69, 9.17) is 16.7 Å². The Morgan fingerprint density at radius 1 is 1.37 bits per heavy atom. The quantitative estimate of drug-likeness (QED) is 0.229. The van der Waals surface area contributed by atoms with E-state index in [1.54, 1.807) is 0 Å². The van der Waals surface area contributed by atoms with Crippen molar-refractivity contribution in [2.45, 2.75) is 0 Å². The normalized spacial score (nSPS) is 12.9. The summed E-state index contributed by atoms with van der Waals surface area (Å²) < 4.78 is 0. The lowest BCUT2D eigenvalue weighted by molar-refractivity contribution is -0.419. The van der Waals surface area contributed by atoms with Crippen LogP contribution in [-0.4, -0.2) is 38.9 Å². The van der Waals surface area contributed by atoms with Crippen molar-refractivity contribution >= 4 is 23.4 Å². The molecule has 0 aromatic carbocycles. The second kappa shape index (κ2) is 10.5. The van der Waals surface area contributed by atoms with Gasteiger partial charge in [0, 0.05) is 35.6 Å². The van der Waals surface area contributed by atoms with Crippen LogP contribution < -0.4 is 0 Å². The third kappa shape index (κ3) is 9.23. The van der Waals surface area contributed by atoms with Crippen molar-refractivity contribution in [2.75, 3.05) is 24.0 Å². The highest BCUT2D eigenvalue weighted by molar-refractivity contribution is 7.99. The largest absolute Gasteiger partial charge is 0.396 e. The van der Waals surface area contributed by atoms with Gasteiger partial charge in [-0.2, -0.15) is 11.8 Å². The SMILES string of the molecule is O=[N+]([O-])/C=C/C(=C\C(=C\CCl)[N+](=O)[O-])CSCCO. The summed E-state index contributed by atoms with van der Waals surface area (Å²) in [6.45, 7) is -0.0312. The highest BCUT2D eigenvalue weighted by Crippen LogP contribution is 2.13. The number of halogens is 1. The molecular formula is C10H13ClN2O5S. The van der Waals surface area contributed by atoms with Crippen molar-refractivity contribution in [1.82, 2.24) is 0 Å². The molecule has 0 fully saturated rings. The molecule has 19 heavy (non-hydrogen) atoms. The minimum atomic E-state index is -0.651. The topological polar surface area (TPSA) is 107 Å². The highest BCUT2D eigenvalue weighted by Gasteiger charge is 2.08. The Morgan fingerprint density at radius 3 is 2.53 bits per heavy atom. The second-order valence-corrected chi connectivity index (χ2v) is 4.55. The van der Waals surface area contributed by atoms with E-state index >= 15 is 0 Å². The molecule has 9 heteroatoms. The molecule has 0 aromatic rings. The maximum Gasteiger partial charge on any atom is 0.266 e. The van der Waals surface area contributed by atoms with Crippen LogP contribution >= 0.6 is 23.4 Å². The third-order valence-corrected chi connectivity index (χ3v) is 2.91. The van der Waals surface area contributed by atoms with E-state index in [2.05, 4.69) is 0 Å². The summed E-state index contributed by atoms with van der Waals surface area (Å²) in [6, 6.07) is 0. The number of nitro groups is 2. The molecule has 0 rings (SSSR count). The first kappa shape index (κ1) is 17.6. The van der Waals surface area contributed by atoms with Gasteiger partial charge in [0.25, 0.3) is 5.70 Å². The van der Waals surface area contributed by atoms with E-state index in [0.29, 0.717) is 23.3 Å². The predicted molar refractivity (Wildman–Crippen MR) is 74.4 cm³/mol. The number of rotatable bonds is 9. The highest BCUT2D eigenvalue weighted by atomic mass is 35.5. The summed E-state index contributed by atoms with van der Waals surface area (Å²) in [6.07, 6.45) is 4.34. The Morgan fingerprint density at radius 2 is 2.05 bits per heavy atom. The molecule has 0 radical (unpaired) electrons. The summed E-state index contributed by atoms with van der Waals surface area (Å²) in [5.74, 6) is 0.734. The number of hydrogen-bond donors (Lipinski definition) is 1. The summed E-state index contributed by atoms with van der Waals surface area (Å²) in [4.78, 5) is 19.7. The Labute approximate surface area is 118 Å². The Kier molecular flexibility index (Phi) is 9.77. The van der Waals surface area contributed by atoms with E-state index in [1.165, 1.54) is 30.0 Å². The van der Waals surface area contributed by atoms with Crippen molar-refractivity contribution < 1.29 is 15.0 Å². The average molecular weight is 309 g/mol. The number of nitrogens with zero attached hydrogens (tertiary/aromatic N) is 2. The Hall–Kier alpha value is -1.38. The fourth-order valence-corrected chi connectivity index (χ4v) is 1.85. The standard InChI is InChI=1S/C10H13ClN2O5S/c11-3-1-10(13(17)18)7-9(2-4-12(15)16)8-19-6-5-14/h1-2,4,7,14H,3,5-6,8H2/b4-2+,9-7+,10-1-. The molecule has 0 atom stereocenters. The summed E-state index contributed by atoms with van der Waals surface area (Å²) in [5, 5.41) is 29.6. The van der Waals surface area contributed by atoms with Gasteiger partial charge in [-0.3, -0.25) is 20.2 Å². The van der Waals surface area contributed by atoms with Gasteiger partial charge in [-0.15, -0.1) is 11.6 Å². The molecule has 0 spiro atoms. The van der Waals surface area contributed by atoms with Gasteiger partial charge in [-0.1, -0.05) is 0 Å². The summed E-state index contributed by atoms with van der Waals surface area (Å²) in [7, 11) is 0. The zero-order chi connectivity index (χ0) is 14.7. The molecule has 1 N–H and O–H groups in total. The fourth-order valence-electron chi connectivity index (χ4n) is 1.00. The molecule has 0 heterocycles. The molecule has 0 saturated carbocycles. The van der Waals surface area contributed by atoms with Crippen molar-refractivity contribution in [2.24, 2.45) is 0 Å². The molecule has 7 nitrogen and oxygen atoms in total. The van der Waals surface area contributed by atoms with Crippen LogP contribution in [0, 0.1) is 20.2 Å². The Balaban J connectivity index is 5.01. The van der Waals surface area contributed by atoms with Crippen LogP contribution in [0.1, 0.15) is 0 Å². The van der Waals surface area contributed by atoms with Crippen molar-refractivity contribution in [3.8, 4) is 0 Å². The second-order valence-electron chi connectivity index (χ2n) is 3.14. The minimum absolute atomic E-state index is 0.0250. The molecule has 0 amide bonds. The van der Waals surface area contributed by atoms with Crippen LogP contribution in [0.2, 0.25) is 0 Å². The first-order valence-corrected chi connectivity index (χ1v) is 6.81. The third-order valence-electron chi connectivity index (χ3n) is 1.75. The molecular weight excluding hydrogens is 296 g/mol. The first-order chi connectivity index (χ1) is 9.01. The molecule has 0 aliphatic rings. The van der Waals surface area contributed by atoms with E-state index in [0.717, 1.165) is 0 Å². The summed E-state index contributed by atoms with van der Waals surface area (Å²) >= 11 is 6.71. The van der Waals surface area contributed by atoms with E-state index in [1.807, 2.05) is 0 Å². The number of thioether (sulfide) groups is 1. The number of alkyl halides is 1. The average Bonchev–Trinajstić information content (AvgIpc) is 2.34. The zero-order valence-electron chi connectivity index (χ0n) is 9.90. The van der Waals surface area contributed by atoms with Crippen LogP contribution in [0.25, 0.3) is 0 Å². The number of hydrogen-bond acceptors (Lipinski definition) is 6. The van der Waals surface area contributed by atoms with Crippen LogP contribution in [-0.2, 0) is 0 Å². The lowest BCUT2D eigenvalue weighted by Crippen LogP contribution is -1.99. The maximum absolute atomic E-state index is 10.7. The van der Waals surface area contributed by atoms with Crippen LogP contribution in [0.3, 0.4) is 0 Å². The van der Waals surface area contributed by atoms with Gasteiger partial charge in [-0.05, 0) is 5.57 Å². The lowest BCUT2D eigenvalue weighted by atomic mass is 10.2. The van der Waals surface area contributed by atoms with Gasteiger partial charge < -0.3 is 5.11 Å². The van der Waals surface area contributed by atoms with Gasteiger partial charge in [0.2, 0.25) is 6.20 Å². The monoisotopic (exact) mass is 308 g/mol. The first-order valence-electron chi connectivity index (χ1n) is 5.12. The number of allylic oxidation sites excluding steroid dienone is 3. The van der Waals surface area contributed by atoms with Gasteiger partial charge in [0.15, 0.2) is 0 Å². The predicted octanol–water partition coefficient (Wildman–Crippen LogP) is 1.83. The van der Waals surface area contributed by atoms with Crippen LogP contribution in [0.5, 0.6) is 0 Å². The van der Waals surface area contributed by atoms with Crippen LogP contribution in [0.4, 0.5) is 0 Å². The molecule has 0 unspecified atom stereocenters. The number of aliphatic hydroxyl groups is 1. The van der Waals surface area contributed by atoms with E-state index in [-0.39, 0.29) is 18.2 Å².